The van der Waals surface area contributed by atoms with Crippen LogP contribution in [0.5, 0.6) is 5.75 Å². The predicted octanol–water partition coefficient (Wildman–Crippen LogP) is 3.61. The van der Waals surface area contributed by atoms with E-state index in [9.17, 15) is 4.79 Å². The molecule has 1 amide bonds. The van der Waals surface area contributed by atoms with E-state index in [4.69, 9.17) is 10.5 Å². The number of nitrogens with one attached hydrogen (secondary N) is 1. The van der Waals surface area contributed by atoms with Crippen LogP contribution in [-0.4, -0.2) is 22.4 Å². The maximum atomic E-state index is 12.5. The molecule has 0 spiro atoms. The molecule has 2 aromatic carbocycles. The number of benzene rings is 2. The van der Waals surface area contributed by atoms with Gasteiger partial charge in [0.05, 0.1) is 12.3 Å². The standard InChI is InChI=1S/C18H18N4O2/c1-2-24-15-10-8-14(9-11-15)20-18(23)22-16(12-17(19)21-22)13-6-4-3-5-7-13/h3-12H,2H2,1H3,(H2,19,21)(H,20,23). The van der Waals surface area contributed by atoms with Crippen molar-refractivity contribution in [3.8, 4) is 17.0 Å². The average Bonchev–Trinajstić information content (AvgIpc) is 3.00. The van der Waals surface area contributed by atoms with E-state index in [0.717, 1.165) is 11.3 Å². The van der Waals surface area contributed by atoms with Gasteiger partial charge in [0.25, 0.3) is 0 Å². The predicted molar refractivity (Wildman–Crippen MR) is 94.1 cm³/mol. The van der Waals surface area contributed by atoms with E-state index in [1.54, 1.807) is 30.3 Å². The highest BCUT2D eigenvalue weighted by Gasteiger charge is 2.15. The molecule has 0 aliphatic heterocycles. The van der Waals surface area contributed by atoms with Crippen molar-refractivity contribution >= 4 is 17.5 Å². The number of ether oxygens (including phenoxy) is 1. The topological polar surface area (TPSA) is 82.2 Å². The van der Waals surface area contributed by atoms with Gasteiger partial charge in [-0.05, 0) is 31.2 Å². The first kappa shape index (κ1) is 15.6. The lowest BCUT2D eigenvalue weighted by Gasteiger charge is -2.09. The molecular formula is C18H18N4O2. The van der Waals surface area contributed by atoms with E-state index in [-0.39, 0.29) is 11.8 Å². The zero-order valence-corrected chi connectivity index (χ0v) is 13.3. The monoisotopic (exact) mass is 322 g/mol. The van der Waals surface area contributed by atoms with Gasteiger partial charge in [-0.25, -0.2) is 4.79 Å². The number of nitrogen functional groups attached to an aromatic ring is 1. The summed E-state index contributed by atoms with van der Waals surface area (Å²) >= 11 is 0. The highest BCUT2D eigenvalue weighted by molar-refractivity contribution is 5.93. The van der Waals surface area contributed by atoms with Crippen LogP contribution in [0.1, 0.15) is 6.92 Å². The van der Waals surface area contributed by atoms with E-state index in [2.05, 4.69) is 10.4 Å². The smallest absolute Gasteiger partial charge is 0.347 e. The molecule has 3 rings (SSSR count). The Hall–Kier alpha value is -3.28. The van der Waals surface area contributed by atoms with Gasteiger partial charge in [-0.1, -0.05) is 30.3 Å². The van der Waals surface area contributed by atoms with Crippen molar-refractivity contribution < 1.29 is 9.53 Å². The number of aromatic nitrogens is 2. The minimum Gasteiger partial charge on any atom is -0.494 e. The molecule has 6 nitrogen and oxygen atoms in total. The van der Waals surface area contributed by atoms with Crippen LogP contribution >= 0.6 is 0 Å². The zero-order valence-electron chi connectivity index (χ0n) is 13.3. The van der Waals surface area contributed by atoms with Crippen LogP contribution in [0.2, 0.25) is 0 Å². The molecule has 0 saturated heterocycles. The van der Waals surface area contributed by atoms with Crippen molar-refractivity contribution in [1.82, 2.24) is 9.78 Å². The third-order valence-corrected chi connectivity index (χ3v) is 3.41. The van der Waals surface area contributed by atoms with Gasteiger partial charge in [-0.3, -0.25) is 0 Å². The first-order chi connectivity index (χ1) is 11.7. The summed E-state index contributed by atoms with van der Waals surface area (Å²) in [6, 6.07) is 17.9. The number of nitrogens with two attached hydrogens (primary N) is 1. The number of hydrogen-bond acceptors (Lipinski definition) is 4. The summed E-state index contributed by atoms with van der Waals surface area (Å²) in [6.45, 7) is 2.52. The van der Waals surface area contributed by atoms with Gasteiger partial charge in [-0.2, -0.15) is 4.68 Å². The van der Waals surface area contributed by atoms with Crippen molar-refractivity contribution in [2.45, 2.75) is 6.92 Å². The number of hydrogen-bond donors (Lipinski definition) is 2. The Morgan fingerprint density at radius 2 is 1.88 bits per heavy atom. The summed E-state index contributed by atoms with van der Waals surface area (Å²) in [5, 5.41) is 6.89. The number of rotatable bonds is 4. The number of carbonyl (C=O) groups is 1. The van der Waals surface area contributed by atoms with Gasteiger partial charge < -0.3 is 15.8 Å². The summed E-state index contributed by atoms with van der Waals surface area (Å²) < 4.78 is 6.65. The Morgan fingerprint density at radius 1 is 1.17 bits per heavy atom. The molecule has 1 heterocycles. The van der Waals surface area contributed by atoms with Crippen molar-refractivity contribution in [1.29, 1.82) is 0 Å². The van der Waals surface area contributed by atoms with Crippen molar-refractivity contribution in [3.05, 3.63) is 60.7 Å². The maximum Gasteiger partial charge on any atom is 0.347 e. The van der Waals surface area contributed by atoms with Crippen molar-refractivity contribution in [2.24, 2.45) is 0 Å². The van der Waals surface area contributed by atoms with Gasteiger partial charge >= 0.3 is 6.03 Å². The van der Waals surface area contributed by atoms with Crippen molar-refractivity contribution in [2.75, 3.05) is 17.7 Å². The fourth-order valence-electron chi connectivity index (χ4n) is 2.35. The molecular weight excluding hydrogens is 304 g/mol. The molecule has 0 fully saturated rings. The van der Waals surface area contributed by atoms with E-state index in [1.807, 2.05) is 37.3 Å². The Labute approximate surface area is 139 Å². The number of carbonyl (C=O) groups excluding carboxylic acids is 1. The van der Waals surface area contributed by atoms with E-state index >= 15 is 0 Å². The molecule has 1 aromatic heterocycles. The SMILES string of the molecule is CCOc1ccc(NC(=O)n2nc(N)cc2-c2ccccc2)cc1. The summed E-state index contributed by atoms with van der Waals surface area (Å²) in [6.07, 6.45) is 0. The van der Waals surface area contributed by atoms with Crippen LogP contribution in [0.4, 0.5) is 16.3 Å². The first-order valence-electron chi connectivity index (χ1n) is 7.62. The molecule has 0 unspecified atom stereocenters. The summed E-state index contributed by atoms with van der Waals surface area (Å²) in [5.41, 5.74) is 7.92. The Balaban J connectivity index is 1.83. The largest absolute Gasteiger partial charge is 0.494 e. The van der Waals surface area contributed by atoms with Crippen molar-refractivity contribution in [3.63, 3.8) is 0 Å². The van der Waals surface area contributed by atoms with Crippen LogP contribution in [-0.2, 0) is 0 Å². The molecule has 0 radical (unpaired) electrons. The second-order valence-corrected chi connectivity index (χ2v) is 5.12. The first-order valence-corrected chi connectivity index (χ1v) is 7.62. The molecule has 0 aliphatic rings. The van der Waals surface area contributed by atoms with Gasteiger partial charge in [0.2, 0.25) is 0 Å². The summed E-state index contributed by atoms with van der Waals surface area (Å²) in [5.74, 6) is 1.04. The molecule has 0 atom stereocenters. The number of amides is 1. The van der Waals surface area contributed by atoms with Gasteiger partial charge in [0.1, 0.15) is 11.6 Å². The molecule has 122 valence electrons. The van der Waals surface area contributed by atoms with Gasteiger partial charge in [0, 0.05) is 17.3 Å². The molecule has 3 aromatic rings. The number of nitrogens with zero attached hydrogens (tertiary/aromatic N) is 2. The Morgan fingerprint density at radius 3 is 2.54 bits per heavy atom. The fourth-order valence-corrected chi connectivity index (χ4v) is 2.35. The third-order valence-electron chi connectivity index (χ3n) is 3.41. The van der Waals surface area contributed by atoms with Crippen LogP contribution in [0.25, 0.3) is 11.3 Å². The quantitative estimate of drug-likeness (QED) is 0.768. The van der Waals surface area contributed by atoms with Gasteiger partial charge in [0.15, 0.2) is 0 Å². The van der Waals surface area contributed by atoms with Crippen LogP contribution in [0, 0.1) is 0 Å². The van der Waals surface area contributed by atoms with E-state index in [1.165, 1.54) is 4.68 Å². The van der Waals surface area contributed by atoms with Crippen LogP contribution in [0.3, 0.4) is 0 Å². The van der Waals surface area contributed by atoms with E-state index in [0.29, 0.717) is 18.0 Å². The van der Waals surface area contributed by atoms with E-state index < -0.39 is 0 Å². The second kappa shape index (κ2) is 6.87. The highest BCUT2D eigenvalue weighted by Crippen LogP contribution is 2.22. The molecule has 0 bridgehead atoms. The van der Waals surface area contributed by atoms with Gasteiger partial charge in [-0.15, -0.1) is 5.10 Å². The lowest BCUT2D eigenvalue weighted by Crippen LogP contribution is -2.21. The average molecular weight is 322 g/mol. The third kappa shape index (κ3) is 3.38. The van der Waals surface area contributed by atoms with Crippen LogP contribution in [0.15, 0.2) is 60.7 Å². The summed E-state index contributed by atoms with van der Waals surface area (Å²) in [4.78, 5) is 12.5. The maximum absolute atomic E-state index is 12.5. The fraction of sp³-hybridized carbons (Fsp3) is 0.111. The number of anilines is 2. The minimum atomic E-state index is -0.380. The minimum absolute atomic E-state index is 0.288. The molecule has 0 aliphatic carbocycles. The second-order valence-electron chi connectivity index (χ2n) is 5.12. The summed E-state index contributed by atoms with van der Waals surface area (Å²) in [7, 11) is 0. The molecule has 3 N–H and O–H groups in total. The zero-order chi connectivity index (χ0) is 16.9. The molecule has 0 saturated carbocycles. The molecule has 24 heavy (non-hydrogen) atoms. The Kier molecular flexibility index (Phi) is 4.47. The lowest BCUT2D eigenvalue weighted by atomic mass is 10.1. The Bertz CT molecular complexity index is 826. The highest BCUT2D eigenvalue weighted by atomic mass is 16.5. The normalized spacial score (nSPS) is 10.4. The van der Waals surface area contributed by atoms with Crippen LogP contribution < -0.4 is 15.8 Å². The molecule has 6 heteroatoms. The lowest BCUT2D eigenvalue weighted by molar-refractivity contribution is 0.251.